The van der Waals surface area contributed by atoms with Crippen molar-refractivity contribution in [1.82, 2.24) is 0 Å². The largest absolute Gasteiger partial charge is 0.462 e. The molecule has 0 heterocycles. The van der Waals surface area contributed by atoms with Gasteiger partial charge in [-0.1, -0.05) is 336 Å². The molecule has 0 fully saturated rings. The van der Waals surface area contributed by atoms with Crippen LogP contribution in [0.5, 0.6) is 0 Å². The summed E-state index contributed by atoms with van der Waals surface area (Å²) in [6.45, 7) is 6.45. The SMILES string of the molecule is CC/C=C\C/C=C\C/C=C\C/C=C\C/C=C\CCCCCCCCCCCCCCCCCCCCCC(=O)OCC(COC(=O)CCCCCCCCCCCCCCC)OC(=O)CCCCCCCCC/C=C\C/C=C\C/C=C\CC. The highest BCUT2D eigenvalue weighted by atomic mass is 16.6. The maximum absolute atomic E-state index is 12.9. The Morgan fingerprint density at radius 2 is 0.470 bits per heavy atom. The van der Waals surface area contributed by atoms with E-state index in [1.807, 2.05) is 0 Å². The molecule has 0 radical (unpaired) electrons. The fourth-order valence-corrected chi connectivity index (χ4v) is 10.3. The predicted octanol–water partition coefficient (Wildman–Crippen LogP) is 24.8. The molecule has 0 aliphatic rings. The number of rotatable bonds is 65. The molecule has 0 saturated carbocycles. The number of unbranched alkanes of at least 4 members (excludes halogenated alkanes) is 38. The Bertz CT molecular complexity index is 1610. The smallest absolute Gasteiger partial charge is 0.306 e. The van der Waals surface area contributed by atoms with Crippen LogP contribution in [0.3, 0.4) is 0 Å². The van der Waals surface area contributed by atoms with E-state index in [-0.39, 0.29) is 31.1 Å². The average molecular weight is 1160 g/mol. The van der Waals surface area contributed by atoms with E-state index in [4.69, 9.17) is 14.2 Å². The Hall–Kier alpha value is -3.67. The second-order valence-electron chi connectivity index (χ2n) is 23.7. The summed E-state index contributed by atoms with van der Waals surface area (Å²) < 4.78 is 17.0. The van der Waals surface area contributed by atoms with E-state index in [9.17, 15) is 14.4 Å². The molecule has 1 unspecified atom stereocenters. The Labute approximate surface area is 515 Å². The van der Waals surface area contributed by atoms with Gasteiger partial charge in [0.05, 0.1) is 0 Å². The lowest BCUT2D eigenvalue weighted by Gasteiger charge is -2.18. The molecule has 0 N–H and O–H groups in total. The lowest BCUT2D eigenvalue weighted by atomic mass is 10.0. The van der Waals surface area contributed by atoms with E-state index in [2.05, 4.69) is 118 Å². The predicted molar refractivity (Wildman–Crippen MR) is 362 cm³/mol. The van der Waals surface area contributed by atoms with Crippen molar-refractivity contribution >= 4 is 17.9 Å². The van der Waals surface area contributed by atoms with Gasteiger partial charge in [-0.05, 0) is 96.3 Å². The Morgan fingerprint density at radius 3 is 0.735 bits per heavy atom. The molecule has 6 heteroatoms. The fraction of sp³-hybridized carbons (Fsp3) is 0.753. The van der Waals surface area contributed by atoms with Gasteiger partial charge in [0.15, 0.2) is 6.10 Å². The van der Waals surface area contributed by atoms with Crippen LogP contribution in [0.2, 0.25) is 0 Å². The summed E-state index contributed by atoms with van der Waals surface area (Å²) in [6, 6.07) is 0. The second kappa shape index (κ2) is 70.8. The summed E-state index contributed by atoms with van der Waals surface area (Å²) >= 11 is 0. The van der Waals surface area contributed by atoms with Gasteiger partial charge < -0.3 is 14.2 Å². The van der Waals surface area contributed by atoms with Gasteiger partial charge in [0.25, 0.3) is 0 Å². The minimum absolute atomic E-state index is 0.0756. The first-order valence-electron chi connectivity index (χ1n) is 35.7. The molecule has 0 bridgehead atoms. The zero-order chi connectivity index (χ0) is 59.9. The van der Waals surface area contributed by atoms with E-state index in [1.165, 1.54) is 199 Å². The molecule has 0 saturated heterocycles. The van der Waals surface area contributed by atoms with Crippen molar-refractivity contribution < 1.29 is 28.6 Å². The van der Waals surface area contributed by atoms with E-state index < -0.39 is 6.10 Å². The third-order valence-corrected chi connectivity index (χ3v) is 15.6. The van der Waals surface area contributed by atoms with Gasteiger partial charge in [-0.3, -0.25) is 14.4 Å². The van der Waals surface area contributed by atoms with Crippen LogP contribution >= 0.6 is 0 Å². The van der Waals surface area contributed by atoms with Gasteiger partial charge in [0.1, 0.15) is 13.2 Å². The quantitative estimate of drug-likeness (QED) is 0.0261. The summed E-state index contributed by atoms with van der Waals surface area (Å²) in [5.41, 5.74) is 0. The van der Waals surface area contributed by atoms with Crippen LogP contribution < -0.4 is 0 Å². The van der Waals surface area contributed by atoms with Crippen molar-refractivity contribution in [2.45, 2.75) is 361 Å². The highest BCUT2D eigenvalue weighted by Crippen LogP contribution is 2.18. The third-order valence-electron chi connectivity index (χ3n) is 15.6. The lowest BCUT2D eigenvalue weighted by Crippen LogP contribution is -2.30. The molecule has 0 aromatic rings. The summed E-state index contributed by atoms with van der Waals surface area (Å²) in [4.78, 5) is 38.4. The van der Waals surface area contributed by atoms with Crippen molar-refractivity contribution in [2.75, 3.05) is 13.2 Å². The van der Waals surface area contributed by atoms with Crippen molar-refractivity contribution in [3.8, 4) is 0 Å². The zero-order valence-electron chi connectivity index (χ0n) is 54.9. The molecule has 0 rings (SSSR count). The van der Waals surface area contributed by atoms with E-state index >= 15 is 0 Å². The van der Waals surface area contributed by atoms with E-state index in [0.717, 1.165) is 116 Å². The van der Waals surface area contributed by atoms with Crippen molar-refractivity contribution in [3.63, 3.8) is 0 Å². The minimum atomic E-state index is -0.780. The Kier molecular flexibility index (Phi) is 67.7. The van der Waals surface area contributed by atoms with Gasteiger partial charge in [-0.2, -0.15) is 0 Å². The van der Waals surface area contributed by atoms with Crippen molar-refractivity contribution in [1.29, 1.82) is 0 Å². The van der Waals surface area contributed by atoms with Crippen molar-refractivity contribution in [3.05, 3.63) is 97.2 Å². The first-order valence-corrected chi connectivity index (χ1v) is 35.7. The Balaban J connectivity index is 4.13. The van der Waals surface area contributed by atoms with E-state index in [1.54, 1.807) is 0 Å². The van der Waals surface area contributed by atoms with Crippen LogP contribution in [-0.4, -0.2) is 37.2 Å². The first-order chi connectivity index (χ1) is 41.0. The molecule has 0 aliphatic carbocycles. The van der Waals surface area contributed by atoms with Crippen LogP contribution in [-0.2, 0) is 28.6 Å². The number of allylic oxidation sites excluding steroid dienone is 16. The van der Waals surface area contributed by atoms with Crippen LogP contribution in [0.1, 0.15) is 355 Å². The minimum Gasteiger partial charge on any atom is -0.462 e. The molecule has 83 heavy (non-hydrogen) atoms. The first kappa shape index (κ1) is 79.3. The van der Waals surface area contributed by atoms with Gasteiger partial charge in [-0.15, -0.1) is 0 Å². The molecule has 0 aromatic heterocycles. The molecule has 0 spiro atoms. The van der Waals surface area contributed by atoms with Crippen molar-refractivity contribution in [2.24, 2.45) is 0 Å². The summed E-state index contributed by atoms with van der Waals surface area (Å²) in [6.07, 6.45) is 95.9. The topological polar surface area (TPSA) is 78.9 Å². The molecule has 1 atom stereocenters. The molecular weight excluding hydrogens is 1020 g/mol. The number of ether oxygens (including phenoxy) is 3. The normalized spacial score (nSPS) is 12.7. The third kappa shape index (κ3) is 69.0. The van der Waals surface area contributed by atoms with Gasteiger partial charge in [0, 0.05) is 19.3 Å². The van der Waals surface area contributed by atoms with Crippen LogP contribution in [0.15, 0.2) is 97.2 Å². The molecular formula is C77H134O6. The number of hydrogen-bond donors (Lipinski definition) is 0. The highest BCUT2D eigenvalue weighted by Gasteiger charge is 2.19. The molecule has 0 amide bonds. The molecule has 478 valence electrons. The second-order valence-corrected chi connectivity index (χ2v) is 23.7. The number of hydrogen-bond acceptors (Lipinski definition) is 6. The molecule has 0 aromatic carbocycles. The zero-order valence-corrected chi connectivity index (χ0v) is 54.9. The van der Waals surface area contributed by atoms with Gasteiger partial charge in [-0.25, -0.2) is 0 Å². The van der Waals surface area contributed by atoms with Crippen LogP contribution in [0, 0.1) is 0 Å². The van der Waals surface area contributed by atoms with E-state index in [0.29, 0.717) is 19.3 Å². The van der Waals surface area contributed by atoms with Gasteiger partial charge in [0.2, 0.25) is 0 Å². The molecule has 0 aliphatic heterocycles. The summed E-state index contributed by atoms with van der Waals surface area (Å²) in [5.74, 6) is -0.866. The maximum atomic E-state index is 12.9. The number of esters is 3. The Morgan fingerprint density at radius 1 is 0.253 bits per heavy atom. The monoisotopic (exact) mass is 1160 g/mol. The lowest BCUT2D eigenvalue weighted by molar-refractivity contribution is -0.167. The number of carbonyl (C=O) groups excluding carboxylic acids is 3. The van der Waals surface area contributed by atoms with Crippen LogP contribution in [0.4, 0.5) is 0 Å². The summed E-state index contributed by atoms with van der Waals surface area (Å²) in [7, 11) is 0. The highest BCUT2D eigenvalue weighted by molar-refractivity contribution is 5.71. The standard InChI is InChI=1S/C77H134O6/c1-4-7-10-13-16-19-22-25-27-29-30-31-32-33-34-35-36-37-38-39-40-41-42-43-44-45-46-48-49-52-55-58-61-64-67-70-76(79)82-73-74(72-81-75(78)69-66-63-60-57-54-51-24-21-18-15-12-9-6-3)83-77(80)71-68-65-62-59-56-53-50-47-28-26-23-20-17-14-11-8-5-2/h7-8,10-11,16-17,19-20,25-28,30-31,33-34,74H,4-6,9,12-15,18,21-24,29,32,35-73H2,1-3H3/b10-7-,11-8-,19-16-,20-17-,27-25-,28-26-,31-30-,34-33-. The average Bonchev–Trinajstić information content (AvgIpc) is 3.49. The fourth-order valence-electron chi connectivity index (χ4n) is 10.3. The maximum Gasteiger partial charge on any atom is 0.306 e. The van der Waals surface area contributed by atoms with Gasteiger partial charge >= 0.3 is 17.9 Å². The molecule has 6 nitrogen and oxygen atoms in total. The summed E-state index contributed by atoms with van der Waals surface area (Å²) in [5, 5.41) is 0. The van der Waals surface area contributed by atoms with Crippen LogP contribution in [0.25, 0.3) is 0 Å². The number of carbonyl (C=O) groups is 3.